The number of aromatic nitrogens is 3. The van der Waals surface area contributed by atoms with E-state index >= 15 is 0 Å². The fraction of sp³-hybridized carbons (Fsp3) is 0.240. The van der Waals surface area contributed by atoms with Gasteiger partial charge < -0.3 is 15.1 Å². The van der Waals surface area contributed by atoms with Gasteiger partial charge in [-0.05, 0) is 36.2 Å². The van der Waals surface area contributed by atoms with Crippen molar-refractivity contribution in [2.45, 2.75) is 26.4 Å². The normalized spacial score (nSPS) is 11.5. The van der Waals surface area contributed by atoms with Gasteiger partial charge in [0.25, 0.3) is 0 Å². The van der Waals surface area contributed by atoms with Gasteiger partial charge in [-0.2, -0.15) is 5.10 Å². The molecule has 7 nitrogen and oxygen atoms in total. The summed E-state index contributed by atoms with van der Waals surface area (Å²) in [5.41, 5.74) is 5.55. The maximum Gasteiger partial charge on any atom is 0.226 e. The lowest BCUT2D eigenvalue weighted by Gasteiger charge is -2.14. The van der Waals surface area contributed by atoms with Crippen LogP contribution in [0.15, 0.2) is 82.7 Å². The highest BCUT2D eigenvalue weighted by Crippen LogP contribution is 2.19. The molecule has 2 aromatic carbocycles. The molecule has 4 rings (SSSR count). The number of nitrogens with zero attached hydrogens (tertiary/aromatic N) is 4. The Balaban J connectivity index is 1.28. The van der Waals surface area contributed by atoms with Gasteiger partial charge in [-0.1, -0.05) is 42.0 Å². The van der Waals surface area contributed by atoms with E-state index in [2.05, 4.69) is 69.0 Å². The highest BCUT2D eigenvalue weighted by Gasteiger charge is 2.08. The number of aryl methyl sites for hydroxylation is 1. The summed E-state index contributed by atoms with van der Waals surface area (Å²) in [5, 5.41) is 11.0. The molecule has 0 atom stereocenters. The lowest BCUT2D eigenvalue weighted by molar-refractivity contribution is 0.572. The molecule has 32 heavy (non-hydrogen) atoms. The van der Waals surface area contributed by atoms with E-state index in [-0.39, 0.29) is 0 Å². The van der Waals surface area contributed by atoms with Gasteiger partial charge in [0.1, 0.15) is 6.26 Å². The second-order valence-electron chi connectivity index (χ2n) is 7.58. The van der Waals surface area contributed by atoms with Crippen molar-refractivity contribution in [3.63, 3.8) is 0 Å². The molecule has 0 radical (unpaired) electrons. The largest absolute Gasteiger partial charge is 0.444 e. The van der Waals surface area contributed by atoms with E-state index < -0.39 is 0 Å². The minimum Gasteiger partial charge on any atom is -0.444 e. The Bertz CT molecular complexity index is 1150. The fourth-order valence-corrected chi connectivity index (χ4v) is 3.41. The van der Waals surface area contributed by atoms with E-state index in [0.29, 0.717) is 19.0 Å². The summed E-state index contributed by atoms with van der Waals surface area (Å²) in [7, 11) is 1.77. The predicted molar refractivity (Wildman–Crippen MR) is 126 cm³/mol. The van der Waals surface area contributed by atoms with Crippen LogP contribution in [0.5, 0.6) is 0 Å². The van der Waals surface area contributed by atoms with E-state index in [9.17, 15) is 0 Å². The first-order valence-corrected chi connectivity index (χ1v) is 10.7. The first kappa shape index (κ1) is 21.4. The predicted octanol–water partition coefficient (Wildman–Crippen LogP) is 3.80. The summed E-state index contributed by atoms with van der Waals surface area (Å²) >= 11 is 0. The molecule has 2 aromatic heterocycles. The van der Waals surface area contributed by atoms with Crippen LogP contribution in [-0.2, 0) is 19.5 Å². The number of oxazole rings is 1. The maximum atomic E-state index is 5.64. The van der Waals surface area contributed by atoms with Crippen molar-refractivity contribution in [2.75, 3.05) is 13.6 Å². The van der Waals surface area contributed by atoms with Crippen LogP contribution in [0.3, 0.4) is 0 Å². The van der Waals surface area contributed by atoms with Gasteiger partial charge in [-0.25, -0.2) is 4.98 Å². The van der Waals surface area contributed by atoms with Gasteiger partial charge in [0.15, 0.2) is 5.96 Å². The van der Waals surface area contributed by atoms with E-state index in [1.54, 1.807) is 19.5 Å². The van der Waals surface area contributed by atoms with Crippen LogP contribution in [0, 0.1) is 6.92 Å². The van der Waals surface area contributed by atoms with Gasteiger partial charge in [0.2, 0.25) is 5.89 Å². The van der Waals surface area contributed by atoms with Gasteiger partial charge in [0, 0.05) is 44.5 Å². The second-order valence-corrected chi connectivity index (χ2v) is 7.58. The number of aliphatic imine (C=N–C) groups is 1. The molecule has 2 N–H and O–H groups in total. The van der Waals surface area contributed by atoms with Gasteiger partial charge in [-0.15, -0.1) is 0 Å². The molecule has 0 fully saturated rings. The van der Waals surface area contributed by atoms with Crippen LogP contribution < -0.4 is 10.6 Å². The molecule has 0 aliphatic heterocycles. The zero-order chi connectivity index (χ0) is 22.2. The molecule has 7 heteroatoms. The zero-order valence-corrected chi connectivity index (χ0v) is 18.5. The van der Waals surface area contributed by atoms with Gasteiger partial charge >= 0.3 is 0 Å². The highest BCUT2D eigenvalue weighted by molar-refractivity contribution is 5.79. The molecule has 0 unspecified atom stereocenters. The molecule has 0 spiro atoms. The van der Waals surface area contributed by atoms with Crippen molar-refractivity contribution in [1.29, 1.82) is 0 Å². The summed E-state index contributed by atoms with van der Waals surface area (Å²) in [6, 6.07) is 18.5. The van der Waals surface area contributed by atoms with Crippen molar-refractivity contribution >= 4 is 5.96 Å². The van der Waals surface area contributed by atoms with Crippen LogP contribution in [0.25, 0.3) is 11.5 Å². The molecular formula is C25H28N6O. The minimum atomic E-state index is 0.649. The molecule has 4 aromatic rings. The number of hydrogen-bond acceptors (Lipinski definition) is 4. The molecule has 0 bridgehead atoms. The maximum absolute atomic E-state index is 5.64. The Morgan fingerprint density at radius 2 is 1.84 bits per heavy atom. The first-order valence-electron chi connectivity index (χ1n) is 10.7. The molecular weight excluding hydrogens is 400 g/mol. The number of benzene rings is 2. The molecule has 0 amide bonds. The van der Waals surface area contributed by atoms with E-state index in [4.69, 9.17) is 4.42 Å². The number of guanidine groups is 1. The molecule has 0 aliphatic rings. The molecule has 0 aliphatic carbocycles. The van der Waals surface area contributed by atoms with E-state index in [0.717, 1.165) is 30.2 Å². The Labute approximate surface area is 188 Å². The van der Waals surface area contributed by atoms with Crippen LogP contribution in [0.4, 0.5) is 0 Å². The monoisotopic (exact) mass is 428 g/mol. The SMILES string of the molecule is CN=C(NCCc1coc(-c2ccc(C)cc2)n1)NCc1ccccc1Cn1cccn1. The molecule has 0 saturated carbocycles. The zero-order valence-electron chi connectivity index (χ0n) is 18.5. The Morgan fingerprint density at radius 3 is 2.59 bits per heavy atom. The van der Waals surface area contributed by atoms with Crippen molar-refractivity contribution in [3.8, 4) is 11.5 Å². The summed E-state index contributed by atoms with van der Waals surface area (Å²) < 4.78 is 7.57. The topological polar surface area (TPSA) is 80.3 Å². The van der Waals surface area contributed by atoms with Crippen LogP contribution >= 0.6 is 0 Å². The lowest BCUT2D eigenvalue weighted by atomic mass is 10.1. The molecule has 2 heterocycles. The third kappa shape index (κ3) is 5.63. The second kappa shape index (κ2) is 10.4. The van der Waals surface area contributed by atoms with Crippen molar-refractivity contribution in [3.05, 3.63) is 95.6 Å². The van der Waals surface area contributed by atoms with Crippen LogP contribution in [0.1, 0.15) is 22.4 Å². The first-order chi connectivity index (χ1) is 15.7. The average molecular weight is 429 g/mol. The highest BCUT2D eigenvalue weighted by atomic mass is 16.3. The van der Waals surface area contributed by atoms with Crippen molar-refractivity contribution in [1.82, 2.24) is 25.4 Å². The van der Waals surface area contributed by atoms with Gasteiger partial charge in [0.05, 0.1) is 12.2 Å². The van der Waals surface area contributed by atoms with E-state index in [1.807, 2.05) is 29.1 Å². The van der Waals surface area contributed by atoms with Crippen molar-refractivity contribution in [2.24, 2.45) is 4.99 Å². The van der Waals surface area contributed by atoms with Crippen LogP contribution in [0.2, 0.25) is 0 Å². The smallest absolute Gasteiger partial charge is 0.226 e. The minimum absolute atomic E-state index is 0.649. The molecule has 0 saturated heterocycles. The van der Waals surface area contributed by atoms with E-state index in [1.165, 1.54) is 16.7 Å². The molecule has 164 valence electrons. The Hall–Kier alpha value is -3.87. The summed E-state index contributed by atoms with van der Waals surface area (Å²) in [6.45, 7) is 4.19. The number of nitrogens with one attached hydrogen (secondary N) is 2. The quantitative estimate of drug-likeness (QED) is 0.330. The standard InChI is InChI=1S/C25H28N6O/c1-19-8-10-20(11-9-19)24-30-23(18-32-24)12-14-27-25(26-2)28-16-21-6-3-4-7-22(21)17-31-15-5-13-29-31/h3-11,13,15,18H,12,14,16-17H2,1-2H3,(H2,26,27,28). The Kier molecular flexibility index (Phi) is 6.97. The third-order valence-electron chi connectivity index (χ3n) is 5.20. The summed E-state index contributed by atoms with van der Waals surface area (Å²) in [6.07, 6.45) is 6.23. The summed E-state index contributed by atoms with van der Waals surface area (Å²) in [5.74, 6) is 1.40. The number of rotatable bonds is 8. The average Bonchev–Trinajstić information content (AvgIpc) is 3.50. The fourth-order valence-electron chi connectivity index (χ4n) is 3.41. The van der Waals surface area contributed by atoms with Crippen molar-refractivity contribution < 1.29 is 4.42 Å². The lowest BCUT2D eigenvalue weighted by Crippen LogP contribution is -2.38. The Morgan fingerprint density at radius 1 is 1.03 bits per heavy atom. The third-order valence-corrected chi connectivity index (χ3v) is 5.20. The summed E-state index contributed by atoms with van der Waals surface area (Å²) in [4.78, 5) is 8.93. The number of hydrogen-bond donors (Lipinski definition) is 2. The van der Waals surface area contributed by atoms with Gasteiger partial charge in [-0.3, -0.25) is 9.67 Å². The van der Waals surface area contributed by atoms with Crippen LogP contribution in [-0.4, -0.2) is 34.3 Å².